The van der Waals surface area contributed by atoms with Crippen LogP contribution in [-0.4, -0.2) is 36.0 Å². The van der Waals surface area contributed by atoms with Crippen molar-refractivity contribution in [3.8, 4) is 5.75 Å². The van der Waals surface area contributed by atoms with Gasteiger partial charge in [-0.1, -0.05) is 42.1 Å². The van der Waals surface area contributed by atoms with Gasteiger partial charge in [-0.15, -0.1) is 0 Å². The molecule has 0 aliphatic carbocycles. The Morgan fingerprint density at radius 2 is 1.84 bits per heavy atom. The molecule has 0 bridgehead atoms. The van der Waals surface area contributed by atoms with Crippen LogP contribution in [0.4, 0.5) is 0 Å². The molecule has 3 rings (SSSR count). The van der Waals surface area contributed by atoms with Crippen molar-refractivity contribution in [1.82, 2.24) is 0 Å². The number of hydrogen-bond acceptors (Lipinski definition) is 5. The summed E-state index contributed by atoms with van der Waals surface area (Å²) in [4.78, 5) is 1.16. The maximum absolute atomic E-state index is 10.4. The molecule has 0 saturated carbocycles. The maximum Gasteiger partial charge on any atom is 0.118 e. The third-order valence-corrected chi connectivity index (χ3v) is 5.40. The fourth-order valence-corrected chi connectivity index (χ4v) is 3.96. The molecule has 1 fully saturated rings. The molecule has 25 heavy (non-hydrogen) atoms. The Labute approximate surface area is 153 Å². The molecule has 4 atom stereocenters. The molecule has 5 heteroatoms. The first kappa shape index (κ1) is 18.3. The number of ether oxygens (including phenoxy) is 3. The van der Waals surface area contributed by atoms with Gasteiger partial charge in [-0.05, 0) is 36.8 Å². The largest absolute Gasteiger partial charge is 0.497 e. The smallest absolute Gasteiger partial charge is 0.118 e. The number of aliphatic hydroxyl groups excluding tert-OH is 1. The lowest BCUT2D eigenvalue weighted by atomic mass is 10.0. The van der Waals surface area contributed by atoms with Crippen LogP contribution in [0, 0.1) is 0 Å². The Balaban J connectivity index is 1.58. The summed E-state index contributed by atoms with van der Waals surface area (Å²) in [6, 6.07) is 17.9. The van der Waals surface area contributed by atoms with Crippen molar-refractivity contribution in [3.63, 3.8) is 0 Å². The summed E-state index contributed by atoms with van der Waals surface area (Å²) in [6.07, 6.45) is -0.463. The number of aliphatic hydroxyl groups is 1. The monoisotopic (exact) mass is 360 g/mol. The van der Waals surface area contributed by atoms with E-state index in [2.05, 4.69) is 12.1 Å². The van der Waals surface area contributed by atoms with Crippen molar-refractivity contribution in [2.45, 2.75) is 48.6 Å². The van der Waals surface area contributed by atoms with Crippen molar-refractivity contribution in [3.05, 3.63) is 60.2 Å². The molecular weight excluding hydrogens is 336 g/mol. The summed E-state index contributed by atoms with van der Waals surface area (Å²) >= 11 is 1.67. The molecule has 0 spiro atoms. The van der Waals surface area contributed by atoms with Gasteiger partial charge in [-0.2, -0.15) is 0 Å². The van der Waals surface area contributed by atoms with E-state index in [1.165, 1.54) is 0 Å². The van der Waals surface area contributed by atoms with Crippen LogP contribution in [0.15, 0.2) is 59.5 Å². The van der Waals surface area contributed by atoms with Crippen LogP contribution < -0.4 is 4.74 Å². The summed E-state index contributed by atoms with van der Waals surface area (Å²) in [5.74, 6) is 0.822. The van der Waals surface area contributed by atoms with Gasteiger partial charge < -0.3 is 19.3 Å². The predicted octanol–water partition coefficient (Wildman–Crippen LogP) is 3.87. The minimum Gasteiger partial charge on any atom is -0.497 e. The third-order valence-electron chi connectivity index (χ3n) is 4.29. The highest BCUT2D eigenvalue weighted by Gasteiger charge is 2.36. The lowest BCUT2D eigenvalue weighted by Gasteiger charge is -2.37. The van der Waals surface area contributed by atoms with Crippen molar-refractivity contribution < 1.29 is 19.3 Å². The molecule has 2 aromatic rings. The average Bonchev–Trinajstić information content (AvgIpc) is 2.64. The second kappa shape index (κ2) is 8.72. The van der Waals surface area contributed by atoms with Gasteiger partial charge in [0.05, 0.1) is 25.9 Å². The van der Waals surface area contributed by atoms with E-state index in [1.807, 2.05) is 49.4 Å². The molecule has 0 radical (unpaired) electrons. The van der Waals surface area contributed by atoms with Crippen molar-refractivity contribution in [1.29, 1.82) is 0 Å². The van der Waals surface area contributed by atoms with E-state index >= 15 is 0 Å². The summed E-state index contributed by atoms with van der Waals surface area (Å²) in [6.45, 7) is 2.35. The Morgan fingerprint density at radius 3 is 2.52 bits per heavy atom. The molecular formula is C20H24O4S. The van der Waals surface area contributed by atoms with Crippen molar-refractivity contribution in [2.24, 2.45) is 0 Å². The molecule has 4 unspecified atom stereocenters. The molecule has 1 saturated heterocycles. The first-order valence-corrected chi connectivity index (χ1v) is 9.33. The van der Waals surface area contributed by atoms with Crippen LogP contribution in [0.3, 0.4) is 0 Å². The van der Waals surface area contributed by atoms with Crippen LogP contribution in [0.25, 0.3) is 0 Å². The van der Waals surface area contributed by atoms with Crippen LogP contribution >= 0.6 is 11.8 Å². The molecule has 0 amide bonds. The topological polar surface area (TPSA) is 47.9 Å². The van der Waals surface area contributed by atoms with Crippen LogP contribution in [-0.2, 0) is 16.1 Å². The molecule has 1 heterocycles. The van der Waals surface area contributed by atoms with E-state index in [0.29, 0.717) is 13.0 Å². The molecule has 1 aliphatic rings. The fourth-order valence-electron chi connectivity index (χ4n) is 2.83. The van der Waals surface area contributed by atoms with Crippen molar-refractivity contribution in [2.75, 3.05) is 7.11 Å². The highest BCUT2D eigenvalue weighted by Crippen LogP contribution is 2.34. The summed E-state index contributed by atoms with van der Waals surface area (Å²) in [7, 11) is 1.65. The van der Waals surface area contributed by atoms with Crippen LogP contribution in [0.5, 0.6) is 5.75 Å². The van der Waals surface area contributed by atoms with E-state index in [9.17, 15) is 5.11 Å². The standard InChI is InChI=1S/C20H24O4S/c1-14-20(21)18(23-13-15-8-10-16(22-2)11-9-15)12-19(24-14)25-17-6-4-3-5-7-17/h3-11,14,18-21H,12-13H2,1-2H3. The minimum absolute atomic E-state index is 0.0262. The Morgan fingerprint density at radius 1 is 1.12 bits per heavy atom. The number of hydrogen-bond donors (Lipinski definition) is 1. The molecule has 1 aliphatic heterocycles. The Bertz CT molecular complexity index is 647. The summed E-state index contributed by atoms with van der Waals surface area (Å²) in [5, 5.41) is 10.4. The van der Waals surface area contributed by atoms with Gasteiger partial charge in [0, 0.05) is 11.3 Å². The highest BCUT2D eigenvalue weighted by atomic mass is 32.2. The van der Waals surface area contributed by atoms with Gasteiger partial charge in [-0.25, -0.2) is 0 Å². The summed E-state index contributed by atoms with van der Waals surface area (Å²) < 4.78 is 17.1. The second-order valence-electron chi connectivity index (χ2n) is 6.13. The van der Waals surface area contributed by atoms with Crippen molar-refractivity contribution >= 4 is 11.8 Å². The fraction of sp³-hybridized carbons (Fsp3) is 0.400. The van der Waals surface area contributed by atoms with Gasteiger partial charge in [0.1, 0.15) is 17.3 Å². The average molecular weight is 360 g/mol. The maximum atomic E-state index is 10.4. The van der Waals surface area contributed by atoms with Gasteiger partial charge >= 0.3 is 0 Å². The highest BCUT2D eigenvalue weighted by molar-refractivity contribution is 7.99. The zero-order valence-corrected chi connectivity index (χ0v) is 15.3. The van der Waals surface area contributed by atoms with Gasteiger partial charge in [-0.3, -0.25) is 0 Å². The van der Waals surface area contributed by atoms with E-state index in [1.54, 1.807) is 18.9 Å². The number of methoxy groups -OCH3 is 1. The lowest BCUT2D eigenvalue weighted by Crippen LogP contribution is -2.47. The number of benzene rings is 2. The van der Waals surface area contributed by atoms with E-state index in [0.717, 1.165) is 16.2 Å². The zero-order valence-electron chi connectivity index (χ0n) is 14.5. The normalized spacial score (nSPS) is 26.4. The number of thioether (sulfide) groups is 1. The quantitative estimate of drug-likeness (QED) is 0.847. The third kappa shape index (κ3) is 4.98. The molecule has 2 aromatic carbocycles. The number of rotatable bonds is 6. The van der Waals surface area contributed by atoms with Gasteiger partial charge in [0.25, 0.3) is 0 Å². The van der Waals surface area contributed by atoms with E-state index in [4.69, 9.17) is 14.2 Å². The molecule has 134 valence electrons. The zero-order chi connectivity index (χ0) is 17.6. The Hall–Kier alpha value is -1.53. The van der Waals surface area contributed by atoms with Gasteiger partial charge in [0.2, 0.25) is 0 Å². The first-order valence-electron chi connectivity index (χ1n) is 8.45. The van der Waals surface area contributed by atoms with Gasteiger partial charge in [0.15, 0.2) is 0 Å². The second-order valence-corrected chi connectivity index (χ2v) is 7.36. The minimum atomic E-state index is -0.620. The van der Waals surface area contributed by atoms with E-state index < -0.39 is 6.10 Å². The predicted molar refractivity (Wildman–Crippen MR) is 98.8 cm³/mol. The molecule has 0 aromatic heterocycles. The molecule has 1 N–H and O–H groups in total. The SMILES string of the molecule is COc1ccc(COC2CC(Sc3ccccc3)OC(C)C2O)cc1. The molecule has 4 nitrogen and oxygen atoms in total. The Kier molecular flexibility index (Phi) is 6.37. The summed E-state index contributed by atoms with van der Waals surface area (Å²) in [5.41, 5.74) is 1.03. The van der Waals surface area contributed by atoms with E-state index in [-0.39, 0.29) is 17.6 Å². The first-order chi connectivity index (χ1) is 12.2. The lowest BCUT2D eigenvalue weighted by molar-refractivity contribution is -0.160. The van der Waals surface area contributed by atoms with Crippen LogP contribution in [0.2, 0.25) is 0 Å². The van der Waals surface area contributed by atoms with Crippen LogP contribution in [0.1, 0.15) is 18.9 Å².